The van der Waals surface area contributed by atoms with Gasteiger partial charge in [-0.05, 0) is 23.8 Å². The molecule has 0 unspecified atom stereocenters. The van der Waals surface area contributed by atoms with Crippen molar-refractivity contribution in [3.8, 4) is 0 Å². The summed E-state index contributed by atoms with van der Waals surface area (Å²) in [5.41, 5.74) is 0.705. The minimum absolute atomic E-state index is 0.00163. The van der Waals surface area contributed by atoms with E-state index in [4.69, 9.17) is 11.6 Å². The van der Waals surface area contributed by atoms with Crippen molar-refractivity contribution in [1.29, 1.82) is 0 Å². The standard InChI is InChI=1S/C16H16ClN3O5S/c1-26(24,25)19(10-12-5-7-13(17)8-6-12)11-16(21)18-14-3-2-4-15(9-14)20(22)23/h2-9H,10-11H2,1H3,(H,18,21). The molecule has 10 heteroatoms. The van der Waals surface area contributed by atoms with Crippen LogP contribution in [-0.4, -0.2) is 36.4 Å². The van der Waals surface area contributed by atoms with Crippen molar-refractivity contribution in [3.63, 3.8) is 0 Å². The molecule has 2 aromatic rings. The van der Waals surface area contributed by atoms with Crippen molar-refractivity contribution >= 4 is 38.9 Å². The van der Waals surface area contributed by atoms with Gasteiger partial charge in [0, 0.05) is 29.4 Å². The third-order valence-corrected chi connectivity index (χ3v) is 4.85. The molecule has 8 nitrogen and oxygen atoms in total. The lowest BCUT2D eigenvalue weighted by Crippen LogP contribution is -2.36. The fourth-order valence-electron chi connectivity index (χ4n) is 2.14. The minimum atomic E-state index is -3.65. The number of nitrogens with zero attached hydrogens (tertiary/aromatic N) is 2. The Morgan fingerprint density at radius 2 is 1.88 bits per heavy atom. The Balaban J connectivity index is 2.10. The number of hydrogen-bond acceptors (Lipinski definition) is 5. The maximum Gasteiger partial charge on any atom is 0.271 e. The van der Waals surface area contributed by atoms with Crippen LogP contribution in [0.15, 0.2) is 48.5 Å². The molecule has 0 bridgehead atoms. The molecule has 0 radical (unpaired) electrons. The van der Waals surface area contributed by atoms with Gasteiger partial charge in [-0.2, -0.15) is 4.31 Å². The summed E-state index contributed by atoms with van der Waals surface area (Å²) in [7, 11) is -3.65. The summed E-state index contributed by atoms with van der Waals surface area (Å²) in [4.78, 5) is 22.4. The van der Waals surface area contributed by atoms with Gasteiger partial charge in [0.25, 0.3) is 5.69 Å². The van der Waals surface area contributed by atoms with Crippen LogP contribution < -0.4 is 5.32 Å². The van der Waals surface area contributed by atoms with Gasteiger partial charge in [-0.1, -0.05) is 29.8 Å². The van der Waals surface area contributed by atoms with Crippen LogP contribution in [0.2, 0.25) is 5.02 Å². The molecule has 0 aliphatic heterocycles. The number of hydrogen-bond donors (Lipinski definition) is 1. The number of benzene rings is 2. The van der Waals surface area contributed by atoms with Crippen molar-refractivity contribution in [3.05, 3.63) is 69.2 Å². The van der Waals surface area contributed by atoms with Gasteiger partial charge in [-0.3, -0.25) is 14.9 Å². The van der Waals surface area contributed by atoms with Crippen molar-refractivity contribution in [2.45, 2.75) is 6.54 Å². The molecule has 1 amide bonds. The van der Waals surface area contributed by atoms with E-state index in [0.29, 0.717) is 10.6 Å². The molecule has 0 heterocycles. The van der Waals surface area contributed by atoms with Gasteiger partial charge in [0.15, 0.2) is 0 Å². The Kier molecular flexibility index (Phi) is 6.30. The molecular formula is C16H16ClN3O5S. The first-order chi connectivity index (χ1) is 12.1. The van der Waals surface area contributed by atoms with Gasteiger partial charge in [0.2, 0.25) is 15.9 Å². The first-order valence-corrected chi connectivity index (χ1v) is 9.61. The van der Waals surface area contributed by atoms with Gasteiger partial charge in [0.05, 0.1) is 17.7 Å². The lowest BCUT2D eigenvalue weighted by Gasteiger charge is -2.19. The molecule has 2 aromatic carbocycles. The Labute approximate surface area is 155 Å². The monoisotopic (exact) mass is 397 g/mol. The number of nitrogens with one attached hydrogen (secondary N) is 1. The van der Waals surface area contributed by atoms with Crippen LogP contribution >= 0.6 is 11.6 Å². The van der Waals surface area contributed by atoms with Crippen LogP contribution in [0.3, 0.4) is 0 Å². The largest absolute Gasteiger partial charge is 0.325 e. The highest BCUT2D eigenvalue weighted by Gasteiger charge is 2.21. The quantitative estimate of drug-likeness (QED) is 0.570. The van der Waals surface area contributed by atoms with E-state index in [2.05, 4.69) is 5.32 Å². The number of anilines is 1. The fraction of sp³-hybridized carbons (Fsp3) is 0.188. The summed E-state index contributed by atoms with van der Waals surface area (Å²) in [6.45, 7) is -0.428. The molecule has 0 aliphatic carbocycles. The highest BCUT2D eigenvalue weighted by molar-refractivity contribution is 7.88. The van der Waals surface area contributed by atoms with E-state index < -0.39 is 27.4 Å². The molecular weight excluding hydrogens is 382 g/mol. The predicted octanol–water partition coefficient (Wildman–Crippen LogP) is 2.65. The average Bonchev–Trinajstić information content (AvgIpc) is 2.55. The number of carbonyl (C=O) groups is 1. The number of amides is 1. The molecule has 2 rings (SSSR count). The zero-order valence-electron chi connectivity index (χ0n) is 13.8. The lowest BCUT2D eigenvalue weighted by molar-refractivity contribution is -0.384. The van der Waals surface area contributed by atoms with E-state index in [1.807, 2.05) is 0 Å². The highest BCUT2D eigenvalue weighted by atomic mass is 35.5. The van der Waals surface area contributed by atoms with E-state index in [-0.39, 0.29) is 17.9 Å². The molecule has 0 spiro atoms. The van der Waals surface area contributed by atoms with Crippen LogP contribution in [-0.2, 0) is 21.4 Å². The number of nitro groups is 1. The Bertz CT molecular complexity index is 916. The van der Waals surface area contributed by atoms with Gasteiger partial charge in [-0.15, -0.1) is 0 Å². The number of sulfonamides is 1. The highest BCUT2D eigenvalue weighted by Crippen LogP contribution is 2.17. The minimum Gasteiger partial charge on any atom is -0.325 e. The van der Waals surface area contributed by atoms with Crippen LogP contribution in [0, 0.1) is 10.1 Å². The zero-order chi connectivity index (χ0) is 19.3. The number of non-ortho nitro benzene ring substituents is 1. The molecule has 0 aromatic heterocycles. The van der Waals surface area contributed by atoms with E-state index >= 15 is 0 Å². The van der Waals surface area contributed by atoms with Crippen LogP contribution in [0.5, 0.6) is 0 Å². The smallest absolute Gasteiger partial charge is 0.271 e. The summed E-state index contributed by atoms with van der Waals surface area (Å²) < 4.78 is 24.9. The molecule has 0 aliphatic rings. The third kappa shape index (κ3) is 5.80. The molecule has 138 valence electrons. The third-order valence-electron chi connectivity index (χ3n) is 3.40. The Hall–Kier alpha value is -2.49. The van der Waals surface area contributed by atoms with Crippen molar-refractivity contribution in [2.24, 2.45) is 0 Å². The summed E-state index contributed by atoms with van der Waals surface area (Å²) in [5.74, 6) is -0.607. The number of carbonyl (C=O) groups excluding carboxylic acids is 1. The van der Waals surface area contributed by atoms with Crippen LogP contribution in [0.4, 0.5) is 11.4 Å². The van der Waals surface area contributed by atoms with E-state index in [0.717, 1.165) is 10.6 Å². The van der Waals surface area contributed by atoms with Gasteiger partial charge in [0.1, 0.15) is 0 Å². The second-order valence-electron chi connectivity index (χ2n) is 5.51. The van der Waals surface area contributed by atoms with Crippen molar-refractivity contribution in [2.75, 3.05) is 18.1 Å². The Morgan fingerprint density at radius 1 is 1.23 bits per heavy atom. The lowest BCUT2D eigenvalue weighted by atomic mass is 10.2. The Morgan fingerprint density at radius 3 is 2.46 bits per heavy atom. The number of rotatable bonds is 7. The molecule has 26 heavy (non-hydrogen) atoms. The first kappa shape index (κ1) is 19.8. The second-order valence-corrected chi connectivity index (χ2v) is 7.93. The topological polar surface area (TPSA) is 110 Å². The fourth-order valence-corrected chi connectivity index (χ4v) is 3.00. The van der Waals surface area contributed by atoms with Crippen molar-refractivity contribution in [1.82, 2.24) is 4.31 Å². The maximum absolute atomic E-state index is 12.2. The summed E-state index contributed by atoms with van der Waals surface area (Å²) in [6, 6.07) is 12.0. The average molecular weight is 398 g/mol. The van der Waals surface area contributed by atoms with Crippen LogP contribution in [0.25, 0.3) is 0 Å². The first-order valence-electron chi connectivity index (χ1n) is 7.39. The maximum atomic E-state index is 12.2. The van der Waals surface area contributed by atoms with Crippen molar-refractivity contribution < 1.29 is 18.1 Å². The van der Waals surface area contributed by atoms with E-state index in [1.165, 1.54) is 24.3 Å². The predicted molar refractivity (Wildman–Crippen MR) is 98.4 cm³/mol. The van der Waals surface area contributed by atoms with Crippen LogP contribution in [0.1, 0.15) is 5.56 Å². The van der Waals surface area contributed by atoms with Gasteiger partial charge < -0.3 is 5.32 Å². The van der Waals surface area contributed by atoms with Gasteiger partial charge >= 0.3 is 0 Å². The van der Waals surface area contributed by atoms with E-state index in [9.17, 15) is 23.3 Å². The number of halogens is 1. The molecule has 0 atom stereocenters. The molecule has 0 saturated heterocycles. The number of nitro benzene ring substituents is 1. The SMILES string of the molecule is CS(=O)(=O)N(CC(=O)Nc1cccc([N+](=O)[O-])c1)Cc1ccc(Cl)cc1. The molecule has 0 fully saturated rings. The molecule has 1 N–H and O–H groups in total. The molecule has 0 saturated carbocycles. The summed E-state index contributed by atoms with van der Waals surface area (Å²) >= 11 is 5.80. The van der Waals surface area contributed by atoms with Gasteiger partial charge in [-0.25, -0.2) is 8.42 Å². The van der Waals surface area contributed by atoms with E-state index in [1.54, 1.807) is 24.3 Å². The zero-order valence-corrected chi connectivity index (χ0v) is 15.3. The summed E-state index contributed by atoms with van der Waals surface area (Å²) in [5, 5.41) is 13.8. The second kappa shape index (κ2) is 8.26. The summed E-state index contributed by atoms with van der Waals surface area (Å²) in [6.07, 6.45) is 1.00. The normalized spacial score (nSPS) is 11.3.